The Morgan fingerprint density at radius 2 is 1.44 bits per heavy atom. The molecule has 288 valence electrons. The largest absolute Gasteiger partial charge is 0.493 e. The Morgan fingerprint density at radius 1 is 0.818 bits per heavy atom. The van der Waals surface area contributed by atoms with E-state index in [-0.39, 0.29) is 30.5 Å². The van der Waals surface area contributed by atoms with Gasteiger partial charge in [-0.05, 0) is 68.9 Å². The van der Waals surface area contributed by atoms with Crippen molar-refractivity contribution in [1.82, 2.24) is 9.80 Å². The number of rotatable bonds is 12. The van der Waals surface area contributed by atoms with Gasteiger partial charge in [0.1, 0.15) is 6.61 Å². The highest BCUT2D eigenvalue weighted by Crippen LogP contribution is 2.43. The van der Waals surface area contributed by atoms with E-state index in [0.29, 0.717) is 96.8 Å². The molecular formula is C42H47N5O8. The summed E-state index contributed by atoms with van der Waals surface area (Å²) in [7, 11) is 3.07. The zero-order chi connectivity index (χ0) is 38.8. The van der Waals surface area contributed by atoms with Gasteiger partial charge in [0.2, 0.25) is 0 Å². The van der Waals surface area contributed by atoms with E-state index in [1.165, 1.54) is 7.11 Å². The lowest BCUT2D eigenvalue weighted by Gasteiger charge is -2.33. The average molecular weight is 750 g/mol. The molecule has 0 aliphatic carbocycles. The van der Waals surface area contributed by atoms with Gasteiger partial charge >= 0.3 is 6.09 Å². The third-order valence-electron chi connectivity index (χ3n) is 10.6. The van der Waals surface area contributed by atoms with Crippen LogP contribution in [0.25, 0.3) is 0 Å². The molecule has 0 bridgehead atoms. The first-order valence-electron chi connectivity index (χ1n) is 18.6. The number of nitrogens with two attached hydrogens (primary N) is 1. The third-order valence-corrected chi connectivity index (χ3v) is 10.6. The number of nitrogens with zero attached hydrogens (tertiary/aromatic N) is 4. The van der Waals surface area contributed by atoms with Crippen LogP contribution in [0.4, 0.5) is 21.9 Å². The standard InChI is InChI=1S/C42H47N5O8/c1-25-15-30-21-44-33-19-38(36(51-4)17-31(33)40(48)45(30)22-25)53-13-7-6-8-14-54-39-20-35-32(18-37(39)52-5)41(49)46-23-26(2)16-34(46)27(3)47(35)42(50)55-24-28-9-11-29(43)12-10-28/h9-12,17-21,27,30,34H,1-2,6-8,13-16,22-24,43H2,3-5H3/t27-,30?,34-/m0/s1. The van der Waals surface area contributed by atoms with Crippen LogP contribution in [0, 0.1) is 0 Å². The third kappa shape index (κ3) is 7.56. The predicted molar refractivity (Wildman–Crippen MR) is 209 cm³/mol. The first-order valence-corrected chi connectivity index (χ1v) is 18.6. The molecule has 4 heterocycles. The van der Waals surface area contributed by atoms with Crippen molar-refractivity contribution in [3.63, 3.8) is 0 Å². The summed E-state index contributed by atoms with van der Waals surface area (Å²) in [5.41, 5.74) is 10.9. The van der Waals surface area contributed by atoms with Gasteiger partial charge in [0.25, 0.3) is 11.8 Å². The van der Waals surface area contributed by atoms with E-state index in [0.717, 1.165) is 29.6 Å². The second kappa shape index (κ2) is 15.8. The summed E-state index contributed by atoms with van der Waals surface area (Å²) in [4.78, 5) is 50.9. The van der Waals surface area contributed by atoms with Crippen molar-refractivity contribution in [2.24, 2.45) is 4.99 Å². The van der Waals surface area contributed by atoms with Crippen LogP contribution in [0.3, 0.4) is 0 Å². The molecule has 2 fully saturated rings. The highest BCUT2D eigenvalue weighted by Gasteiger charge is 2.45. The van der Waals surface area contributed by atoms with Crippen LogP contribution < -0.4 is 29.6 Å². The molecule has 4 aliphatic rings. The van der Waals surface area contributed by atoms with Gasteiger partial charge in [-0.15, -0.1) is 0 Å². The van der Waals surface area contributed by atoms with Crippen molar-refractivity contribution >= 4 is 41.2 Å². The number of methoxy groups -OCH3 is 2. The van der Waals surface area contributed by atoms with Crippen molar-refractivity contribution in [2.75, 3.05) is 51.2 Å². The maximum absolute atomic E-state index is 14.0. The SMILES string of the molecule is C=C1CC2C=Nc3cc(OCCCCCOc4cc5c(cc4OC)C(=O)N4CC(=C)C[C@H]4[C@H](C)N5C(=O)OCc4ccc(N)cc4)c(OC)cc3C(=O)N2C1. The van der Waals surface area contributed by atoms with Crippen molar-refractivity contribution in [3.8, 4) is 23.0 Å². The number of hydrogen-bond acceptors (Lipinski definition) is 10. The Kier molecular flexibility index (Phi) is 10.7. The van der Waals surface area contributed by atoms with Gasteiger partial charge in [0.05, 0.1) is 68.1 Å². The van der Waals surface area contributed by atoms with Crippen LogP contribution >= 0.6 is 0 Å². The molecule has 2 saturated heterocycles. The van der Waals surface area contributed by atoms with Gasteiger partial charge in [-0.3, -0.25) is 19.5 Å². The zero-order valence-corrected chi connectivity index (χ0v) is 31.5. The predicted octanol–water partition coefficient (Wildman–Crippen LogP) is 6.72. The van der Waals surface area contributed by atoms with Crippen LogP contribution in [0.15, 0.2) is 77.8 Å². The number of fused-ring (bicyclic) bond motifs is 4. The first-order chi connectivity index (χ1) is 26.6. The van der Waals surface area contributed by atoms with Crippen molar-refractivity contribution in [1.29, 1.82) is 0 Å². The molecule has 3 aromatic carbocycles. The summed E-state index contributed by atoms with van der Waals surface area (Å²) in [5.74, 6) is 1.49. The van der Waals surface area contributed by atoms with Gasteiger partial charge in [-0.25, -0.2) is 4.79 Å². The van der Waals surface area contributed by atoms with Gasteiger partial charge < -0.3 is 39.2 Å². The van der Waals surface area contributed by atoms with Crippen LogP contribution in [0.5, 0.6) is 23.0 Å². The van der Waals surface area contributed by atoms with E-state index in [9.17, 15) is 14.4 Å². The molecule has 2 N–H and O–H groups in total. The van der Waals surface area contributed by atoms with Gasteiger partial charge in [-0.1, -0.05) is 36.4 Å². The van der Waals surface area contributed by atoms with Crippen molar-refractivity contribution in [3.05, 3.63) is 89.5 Å². The Hall–Kier alpha value is -5.98. The number of unbranched alkanes of at least 4 members (excludes halogenated alkanes) is 2. The lowest BCUT2D eigenvalue weighted by molar-refractivity contribution is 0.0728. The number of ether oxygens (including phenoxy) is 5. The Morgan fingerprint density at radius 3 is 2.13 bits per heavy atom. The lowest BCUT2D eigenvalue weighted by atomic mass is 10.0. The fraction of sp³-hybridized carbons (Fsp3) is 0.381. The Bertz CT molecular complexity index is 2050. The molecule has 0 aromatic heterocycles. The molecular weight excluding hydrogens is 702 g/mol. The molecule has 4 aliphatic heterocycles. The molecule has 0 radical (unpaired) electrons. The number of hydrogen-bond donors (Lipinski definition) is 1. The van der Waals surface area contributed by atoms with Crippen LogP contribution in [-0.2, 0) is 11.3 Å². The highest BCUT2D eigenvalue weighted by atomic mass is 16.6. The summed E-state index contributed by atoms with van der Waals surface area (Å²) in [6.45, 7) is 11.8. The maximum atomic E-state index is 14.0. The molecule has 7 rings (SSSR count). The number of amides is 3. The van der Waals surface area contributed by atoms with Crippen LogP contribution in [-0.4, -0.2) is 92.6 Å². The van der Waals surface area contributed by atoms with E-state index < -0.39 is 12.1 Å². The average Bonchev–Trinajstić information content (AvgIpc) is 3.72. The second-order valence-electron chi connectivity index (χ2n) is 14.4. The van der Waals surface area contributed by atoms with E-state index in [1.54, 1.807) is 58.2 Å². The highest BCUT2D eigenvalue weighted by molar-refractivity contribution is 6.06. The normalized spacial score (nSPS) is 20.0. The summed E-state index contributed by atoms with van der Waals surface area (Å²) >= 11 is 0. The Labute approximate surface area is 320 Å². The number of nitrogen functional groups attached to an aromatic ring is 1. The van der Waals surface area contributed by atoms with E-state index >= 15 is 0 Å². The van der Waals surface area contributed by atoms with Gasteiger partial charge in [-0.2, -0.15) is 0 Å². The molecule has 3 amide bonds. The number of carbonyl (C=O) groups is 3. The quantitative estimate of drug-likeness (QED) is 0.121. The number of benzene rings is 3. The molecule has 55 heavy (non-hydrogen) atoms. The first kappa shape index (κ1) is 37.3. The van der Waals surface area contributed by atoms with E-state index in [4.69, 9.17) is 29.4 Å². The summed E-state index contributed by atoms with van der Waals surface area (Å²) in [5, 5.41) is 0. The summed E-state index contributed by atoms with van der Waals surface area (Å²) in [6, 6.07) is 13.1. The minimum Gasteiger partial charge on any atom is -0.493 e. The maximum Gasteiger partial charge on any atom is 0.414 e. The molecule has 3 aromatic rings. The minimum absolute atomic E-state index is 0.0404. The summed E-state index contributed by atoms with van der Waals surface area (Å²) in [6.07, 6.45) is 4.74. The molecule has 3 atom stereocenters. The summed E-state index contributed by atoms with van der Waals surface area (Å²) < 4.78 is 29.4. The second-order valence-corrected chi connectivity index (χ2v) is 14.4. The van der Waals surface area contributed by atoms with Crippen LogP contribution in [0.2, 0.25) is 0 Å². The topological polar surface area (TPSA) is 145 Å². The number of aliphatic imine (C=N–C) groups is 1. The number of carbonyl (C=O) groups excluding carboxylic acids is 3. The lowest BCUT2D eigenvalue weighted by Crippen LogP contribution is -2.49. The fourth-order valence-corrected chi connectivity index (χ4v) is 7.66. The molecule has 1 unspecified atom stereocenters. The van der Waals surface area contributed by atoms with E-state index in [1.807, 2.05) is 25.3 Å². The molecule has 13 nitrogen and oxygen atoms in total. The van der Waals surface area contributed by atoms with Crippen molar-refractivity contribution in [2.45, 2.75) is 63.8 Å². The molecule has 0 saturated carbocycles. The van der Waals surface area contributed by atoms with Crippen LogP contribution in [0.1, 0.15) is 65.3 Å². The van der Waals surface area contributed by atoms with Crippen molar-refractivity contribution < 1.29 is 38.1 Å². The zero-order valence-electron chi connectivity index (χ0n) is 31.5. The molecule has 13 heteroatoms. The Balaban J connectivity index is 1.00. The number of anilines is 2. The molecule has 0 spiro atoms. The fourth-order valence-electron chi connectivity index (χ4n) is 7.66. The van der Waals surface area contributed by atoms with Gasteiger partial charge in [0, 0.05) is 37.1 Å². The monoisotopic (exact) mass is 749 g/mol. The van der Waals surface area contributed by atoms with E-state index in [2.05, 4.69) is 18.2 Å². The smallest absolute Gasteiger partial charge is 0.414 e. The minimum atomic E-state index is -0.579. The van der Waals surface area contributed by atoms with Gasteiger partial charge in [0.15, 0.2) is 23.0 Å².